The van der Waals surface area contributed by atoms with Crippen LogP contribution in [0.15, 0.2) is 14.9 Å². The van der Waals surface area contributed by atoms with Crippen LogP contribution < -0.4 is 5.32 Å². The third-order valence-corrected chi connectivity index (χ3v) is 3.41. The van der Waals surface area contributed by atoms with Crippen LogP contribution in [0.2, 0.25) is 0 Å². The number of carboxylic acids is 1. The van der Waals surface area contributed by atoms with Gasteiger partial charge in [0.15, 0.2) is 0 Å². The maximum Gasteiger partial charge on any atom is 0.339 e. The van der Waals surface area contributed by atoms with Gasteiger partial charge in [-0.2, -0.15) is 0 Å². The maximum atomic E-state index is 12.2. The van der Waals surface area contributed by atoms with Crippen LogP contribution >= 0.6 is 0 Å². The molecular weight excluding hydrogens is 274 g/mol. The van der Waals surface area contributed by atoms with Gasteiger partial charge in [0.1, 0.15) is 28.6 Å². The summed E-state index contributed by atoms with van der Waals surface area (Å²) in [6.07, 6.45) is 0. The zero-order valence-corrected chi connectivity index (χ0v) is 12.4. The Morgan fingerprint density at radius 3 is 2.24 bits per heavy atom. The maximum absolute atomic E-state index is 12.2. The number of rotatable bonds is 4. The number of amides is 1. The third kappa shape index (κ3) is 2.84. The lowest BCUT2D eigenvalue weighted by Gasteiger charge is -2.03. The molecule has 0 spiro atoms. The van der Waals surface area contributed by atoms with Gasteiger partial charge in [0, 0.05) is 5.56 Å². The van der Waals surface area contributed by atoms with Gasteiger partial charge in [0.05, 0.1) is 12.1 Å². The highest BCUT2D eigenvalue weighted by Gasteiger charge is 2.19. The Morgan fingerprint density at radius 1 is 1.10 bits per heavy atom. The molecule has 2 aromatic rings. The fourth-order valence-electron chi connectivity index (χ4n) is 2.23. The number of carboxylic acid groups (broad SMARTS) is 1. The molecule has 1 amide bonds. The molecule has 0 unspecified atom stereocenters. The first kappa shape index (κ1) is 14.9. The number of nitrogens with one attached hydrogen (secondary N) is 1. The quantitative estimate of drug-likeness (QED) is 0.903. The first-order valence-corrected chi connectivity index (χ1v) is 6.48. The second-order valence-electron chi connectivity index (χ2n) is 4.88. The fourth-order valence-corrected chi connectivity index (χ4v) is 2.23. The van der Waals surface area contributed by atoms with Crippen molar-refractivity contribution in [3.63, 3.8) is 0 Å². The van der Waals surface area contributed by atoms with Crippen molar-refractivity contribution in [3.05, 3.63) is 45.8 Å². The van der Waals surface area contributed by atoms with Gasteiger partial charge in [-0.05, 0) is 33.8 Å². The van der Waals surface area contributed by atoms with Crippen molar-refractivity contribution in [1.29, 1.82) is 0 Å². The molecule has 6 nitrogen and oxygen atoms in total. The Balaban J connectivity index is 2.11. The Hall–Kier alpha value is -2.50. The summed E-state index contributed by atoms with van der Waals surface area (Å²) in [4.78, 5) is 23.1. The van der Waals surface area contributed by atoms with Crippen molar-refractivity contribution in [3.8, 4) is 0 Å². The lowest BCUT2D eigenvalue weighted by molar-refractivity contribution is 0.0694. The molecule has 0 radical (unpaired) electrons. The summed E-state index contributed by atoms with van der Waals surface area (Å²) < 4.78 is 10.7. The van der Waals surface area contributed by atoms with Crippen LogP contribution in [0, 0.1) is 27.7 Å². The van der Waals surface area contributed by atoms with Gasteiger partial charge >= 0.3 is 5.97 Å². The number of aryl methyl sites for hydroxylation is 3. The third-order valence-electron chi connectivity index (χ3n) is 3.41. The molecule has 0 aliphatic rings. The van der Waals surface area contributed by atoms with Crippen LogP contribution in [-0.4, -0.2) is 17.0 Å². The predicted octanol–water partition coefficient (Wildman–Crippen LogP) is 2.73. The SMILES string of the molecule is Cc1oc(CNC(=O)c2c(C)oc(C)c2C)cc1C(=O)O. The van der Waals surface area contributed by atoms with Gasteiger partial charge in [-0.1, -0.05) is 0 Å². The van der Waals surface area contributed by atoms with E-state index in [-0.39, 0.29) is 18.0 Å². The van der Waals surface area contributed by atoms with Gasteiger partial charge in [0.2, 0.25) is 0 Å². The predicted molar refractivity (Wildman–Crippen MR) is 74.5 cm³/mol. The molecule has 0 aliphatic heterocycles. The van der Waals surface area contributed by atoms with Crippen LogP contribution in [-0.2, 0) is 6.54 Å². The zero-order chi connectivity index (χ0) is 15.7. The Bertz CT molecular complexity index is 708. The summed E-state index contributed by atoms with van der Waals surface area (Å²) in [7, 11) is 0. The number of carbonyl (C=O) groups is 2. The molecule has 6 heteroatoms. The molecule has 0 aromatic carbocycles. The lowest BCUT2D eigenvalue weighted by atomic mass is 10.1. The second kappa shape index (κ2) is 5.47. The largest absolute Gasteiger partial charge is 0.478 e. The number of carbonyl (C=O) groups excluding carboxylic acids is 1. The Morgan fingerprint density at radius 2 is 1.76 bits per heavy atom. The molecule has 0 atom stereocenters. The van der Waals surface area contributed by atoms with Crippen LogP contribution in [0.1, 0.15) is 49.3 Å². The zero-order valence-electron chi connectivity index (χ0n) is 12.4. The Kier molecular flexibility index (Phi) is 3.88. The number of hydrogen-bond donors (Lipinski definition) is 2. The van der Waals surface area contributed by atoms with Gasteiger partial charge in [0.25, 0.3) is 5.91 Å². The van der Waals surface area contributed by atoms with Crippen molar-refractivity contribution in [2.24, 2.45) is 0 Å². The molecule has 2 aromatic heterocycles. The molecular formula is C15H17NO5. The average Bonchev–Trinajstić information content (AvgIpc) is 2.88. The lowest BCUT2D eigenvalue weighted by Crippen LogP contribution is -2.23. The minimum Gasteiger partial charge on any atom is -0.478 e. The van der Waals surface area contributed by atoms with Gasteiger partial charge in [-0.3, -0.25) is 4.79 Å². The van der Waals surface area contributed by atoms with E-state index in [0.29, 0.717) is 28.6 Å². The monoisotopic (exact) mass is 291 g/mol. The van der Waals surface area contributed by atoms with Crippen molar-refractivity contribution in [2.45, 2.75) is 34.2 Å². The van der Waals surface area contributed by atoms with E-state index in [4.69, 9.17) is 13.9 Å². The smallest absolute Gasteiger partial charge is 0.339 e. The Labute approximate surface area is 121 Å². The molecule has 112 valence electrons. The molecule has 0 aliphatic carbocycles. The second-order valence-corrected chi connectivity index (χ2v) is 4.88. The molecule has 2 heterocycles. The number of aromatic carboxylic acids is 1. The minimum absolute atomic E-state index is 0.103. The summed E-state index contributed by atoms with van der Waals surface area (Å²) in [5, 5.41) is 11.7. The van der Waals surface area contributed by atoms with E-state index in [2.05, 4.69) is 5.32 Å². The van der Waals surface area contributed by atoms with E-state index in [1.165, 1.54) is 6.07 Å². The number of furan rings is 2. The van der Waals surface area contributed by atoms with Gasteiger partial charge in [-0.15, -0.1) is 0 Å². The fraction of sp³-hybridized carbons (Fsp3) is 0.333. The van der Waals surface area contributed by atoms with E-state index in [0.717, 1.165) is 5.56 Å². The normalized spacial score (nSPS) is 10.7. The first-order chi connectivity index (χ1) is 9.81. The molecule has 21 heavy (non-hydrogen) atoms. The van der Waals surface area contributed by atoms with E-state index in [1.807, 2.05) is 6.92 Å². The summed E-state index contributed by atoms with van der Waals surface area (Å²) in [5.74, 6) is 0.662. The van der Waals surface area contributed by atoms with Gasteiger partial charge < -0.3 is 19.3 Å². The molecule has 0 bridgehead atoms. The topological polar surface area (TPSA) is 92.7 Å². The molecule has 0 saturated carbocycles. The first-order valence-electron chi connectivity index (χ1n) is 6.48. The summed E-state index contributed by atoms with van der Waals surface area (Å²) in [6, 6.07) is 1.41. The molecule has 0 saturated heterocycles. The van der Waals surface area contributed by atoms with E-state index in [9.17, 15) is 9.59 Å². The summed E-state index contributed by atoms with van der Waals surface area (Å²) in [5.41, 5.74) is 1.41. The molecule has 2 rings (SSSR count). The van der Waals surface area contributed by atoms with Crippen molar-refractivity contribution < 1.29 is 23.5 Å². The van der Waals surface area contributed by atoms with E-state index >= 15 is 0 Å². The molecule has 2 N–H and O–H groups in total. The van der Waals surface area contributed by atoms with Crippen molar-refractivity contribution in [1.82, 2.24) is 5.32 Å². The van der Waals surface area contributed by atoms with Crippen LogP contribution in [0.4, 0.5) is 0 Å². The highest BCUT2D eigenvalue weighted by Crippen LogP contribution is 2.21. The van der Waals surface area contributed by atoms with Gasteiger partial charge in [-0.25, -0.2) is 4.79 Å². The summed E-state index contributed by atoms with van der Waals surface area (Å²) >= 11 is 0. The van der Waals surface area contributed by atoms with E-state index < -0.39 is 5.97 Å². The highest BCUT2D eigenvalue weighted by atomic mass is 16.4. The van der Waals surface area contributed by atoms with Crippen molar-refractivity contribution >= 4 is 11.9 Å². The number of hydrogen-bond acceptors (Lipinski definition) is 4. The average molecular weight is 291 g/mol. The minimum atomic E-state index is -1.05. The van der Waals surface area contributed by atoms with Crippen LogP contribution in [0.3, 0.4) is 0 Å². The van der Waals surface area contributed by atoms with Crippen LogP contribution in [0.5, 0.6) is 0 Å². The highest BCUT2D eigenvalue weighted by molar-refractivity contribution is 5.96. The molecule has 0 fully saturated rings. The summed E-state index contributed by atoms with van der Waals surface area (Å²) in [6.45, 7) is 7.04. The van der Waals surface area contributed by atoms with Crippen LogP contribution in [0.25, 0.3) is 0 Å². The van der Waals surface area contributed by atoms with E-state index in [1.54, 1.807) is 20.8 Å². The van der Waals surface area contributed by atoms with Crippen molar-refractivity contribution in [2.75, 3.05) is 0 Å². The standard InChI is InChI=1S/C15H17NO5/c1-7-8(2)20-10(4)13(7)14(17)16-6-11-5-12(15(18)19)9(3)21-11/h5H,6H2,1-4H3,(H,16,17)(H,18,19).